The Labute approximate surface area is 184 Å². The monoisotopic (exact) mass is 443 g/mol. The van der Waals surface area contributed by atoms with Gasteiger partial charge in [-0.3, -0.25) is 14.2 Å². The van der Waals surface area contributed by atoms with Gasteiger partial charge in [-0.15, -0.1) is 0 Å². The van der Waals surface area contributed by atoms with Gasteiger partial charge in [0, 0.05) is 56.2 Å². The molecule has 3 atom stereocenters. The van der Waals surface area contributed by atoms with E-state index in [-0.39, 0.29) is 36.8 Å². The number of carbonyl (C=O) groups excluding carboxylic acids is 1. The summed E-state index contributed by atoms with van der Waals surface area (Å²) in [7, 11) is 1.89. The van der Waals surface area contributed by atoms with Gasteiger partial charge >= 0.3 is 0 Å². The molecule has 2 fully saturated rings. The SMILES string of the molecule is Cc1c2c(O[C@H](C)[C@H]3CNC(=O)C3)cc(-c3cnn(C4CCC(F)(F)C4)c3)cc2nn1C. The lowest BCUT2D eigenvalue weighted by molar-refractivity contribution is -0.119. The Morgan fingerprint density at radius 2 is 2.12 bits per heavy atom. The topological polar surface area (TPSA) is 74.0 Å². The molecule has 9 heteroatoms. The first kappa shape index (κ1) is 20.9. The fraction of sp³-hybridized carbons (Fsp3) is 0.522. The summed E-state index contributed by atoms with van der Waals surface area (Å²) in [6.07, 6.45) is 3.99. The number of fused-ring (bicyclic) bond motifs is 1. The van der Waals surface area contributed by atoms with Crippen LogP contribution < -0.4 is 10.1 Å². The number of ether oxygens (including phenoxy) is 1. The molecule has 170 valence electrons. The standard InChI is InChI=1S/C23H27F2N5O2/c1-13-22-19(28-29(13)3)6-15(7-20(22)32-14(2)16-8-21(31)26-10-16)17-11-27-30(12-17)18-4-5-23(24,25)9-18/h6-7,11-12,14,16,18H,4-5,8-10H2,1-3H3,(H,26,31)/t14-,16-,18?/m1/s1. The molecule has 1 N–H and O–H groups in total. The second-order valence-electron chi connectivity index (χ2n) is 9.13. The third-order valence-corrected chi connectivity index (χ3v) is 6.86. The van der Waals surface area contributed by atoms with Crippen LogP contribution in [0.4, 0.5) is 8.78 Å². The first-order valence-corrected chi connectivity index (χ1v) is 11.0. The van der Waals surface area contributed by atoms with Crippen LogP contribution in [0.25, 0.3) is 22.0 Å². The van der Waals surface area contributed by atoms with Crippen molar-refractivity contribution >= 4 is 16.8 Å². The van der Waals surface area contributed by atoms with E-state index < -0.39 is 5.92 Å². The average Bonchev–Trinajstić information content (AvgIpc) is 3.50. The highest BCUT2D eigenvalue weighted by Gasteiger charge is 2.40. The highest BCUT2D eigenvalue weighted by Crippen LogP contribution is 2.42. The summed E-state index contributed by atoms with van der Waals surface area (Å²) in [4.78, 5) is 11.6. The van der Waals surface area contributed by atoms with E-state index in [1.165, 1.54) is 0 Å². The van der Waals surface area contributed by atoms with E-state index in [1.54, 1.807) is 10.9 Å². The van der Waals surface area contributed by atoms with E-state index in [0.717, 1.165) is 27.7 Å². The first-order chi connectivity index (χ1) is 15.2. The van der Waals surface area contributed by atoms with Crippen LogP contribution in [-0.4, -0.2) is 44.0 Å². The van der Waals surface area contributed by atoms with Crippen molar-refractivity contribution in [3.05, 3.63) is 30.2 Å². The maximum atomic E-state index is 13.7. The Bertz CT molecular complexity index is 1180. The van der Waals surface area contributed by atoms with Crippen LogP contribution in [0.2, 0.25) is 0 Å². The zero-order valence-corrected chi connectivity index (χ0v) is 18.4. The lowest BCUT2D eigenvalue weighted by Gasteiger charge is -2.20. The highest BCUT2D eigenvalue weighted by molar-refractivity contribution is 5.92. The van der Waals surface area contributed by atoms with Crippen molar-refractivity contribution in [2.45, 2.75) is 57.6 Å². The molecule has 3 aromatic rings. The largest absolute Gasteiger partial charge is 0.490 e. The summed E-state index contributed by atoms with van der Waals surface area (Å²) >= 11 is 0. The Morgan fingerprint density at radius 1 is 1.31 bits per heavy atom. The molecular formula is C23H27F2N5O2. The van der Waals surface area contributed by atoms with Gasteiger partial charge in [0.2, 0.25) is 11.8 Å². The van der Waals surface area contributed by atoms with Gasteiger partial charge in [-0.05, 0) is 38.0 Å². The molecule has 1 saturated carbocycles. The number of hydrogen-bond donors (Lipinski definition) is 1. The van der Waals surface area contributed by atoms with Crippen LogP contribution in [0.3, 0.4) is 0 Å². The number of amides is 1. The molecule has 0 spiro atoms. The van der Waals surface area contributed by atoms with Gasteiger partial charge in [-0.2, -0.15) is 10.2 Å². The normalized spacial score (nSPS) is 23.6. The smallest absolute Gasteiger partial charge is 0.250 e. The van der Waals surface area contributed by atoms with Gasteiger partial charge in [0.1, 0.15) is 11.9 Å². The number of nitrogens with zero attached hydrogens (tertiary/aromatic N) is 4. The number of aryl methyl sites for hydroxylation is 2. The summed E-state index contributed by atoms with van der Waals surface area (Å²) in [6, 6.07) is 3.65. The molecule has 1 aliphatic heterocycles. The van der Waals surface area contributed by atoms with Gasteiger partial charge in [0.15, 0.2) is 0 Å². The zero-order chi connectivity index (χ0) is 22.6. The maximum Gasteiger partial charge on any atom is 0.250 e. The van der Waals surface area contributed by atoms with Crippen molar-refractivity contribution in [2.75, 3.05) is 6.54 Å². The summed E-state index contributed by atoms with van der Waals surface area (Å²) < 4.78 is 37.2. The maximum absolute atomic E-state index is 13.7. The minimum Gasteiger partial charge on any atom is -0.490 e. The molecule has 1 aromatic carbocycles. The van der Waals surface area contributed by atoms with Gasteiger partial charge in [0.05, 0.1) is 23.1 Å². The summed E-state index contributed by atoms with van der Waals surface area (Å²) in [5.41, 5.74) is 3.48. The zero-order valence-electron chi connectivity index (χ0n) is 18.4. The molecule has 7 nitrogen and oxygen atoms in total. The van der Waals surface area contributed by atoms with Crippen molar-refractivity contribution in [1.29, 1.82) is 0 Å². The fourth-order valence-corrected chi connectivity index (χ4v) is 4.80. The lowest BCUT2D eigenvalue weighted by Crippen LogP contribution is -2.25. The number of hydrogen-bond acceptors (Lipinski definition) is 4. The molecule has 1 saturated heterocycles. The van der Waals surface area contributed by atoms with Crippen LogP contribution in [0, 0.1) is 12.8 Å². The van der Waals surface area contributed by atoms with Crippen LogP contribution in [0.15, 0.2) is 24.5 Å². The number of benzene rings is 1. The quantitative estimate of drug-likeness (QED) is 0.647. The molecular weight excluding hydrogens is 416 g/mol. The highest BCUT2D eigenvalue weighted by atomic mass is 19.3. The van der Waals surface area contributed by atoms with Gasteiger partial charge in [0.25, 0.3) is 0 Å². The Morgan fingerprint density at radius 3 is 2.81 bits per heavy atom. The van der Waals surface area contributed by atoms with Gasteiger partial charge in [-0.25, -0.2) is 8.78 Å². The molecule has 1 amide bonds. The molecule has 2 aromatic heterocycles. The Balaban J connectivity index is 1.49. The predicted molar refractivity (Wildman–Crippen MR) is 116 cm³/mol. The molecule has 0 bridgehead atoms. The van der Waals surface area contributed by atoms with Crippen molar-refractivity contribution in [2.24, 2.45) is 13.0 Å². The molecule has 0 radical (unpaired) electrons. The molecule has 2 aliphatic rings. The van der Waals surface area contributed by atoms with Crippen LogP contribution in [0.5, 0.6) is 5.75 Å². The van der Waals surface area contributed by atoms with Crippen molar-refractivity contribution in [3.8, 4) is 16.9 Å². The third-order valence-electron chi connectivity index (χ3n) is 6.86. The predicted octanol–water partition coefficient (Wildman–Crippen LogP) is 4.01. The number of aromatic nitrogens is 4. The summed E-state index contributed by atoms with van der Waals surface area (Å²) in [5.74, 6) is -1.76. The molecule has 3 heterocycles. The van der Waals surface area contributed by atoms with E-state index in [2.05, 4.69) is 15.5 Å². The number of carbonyl (C=O) groups is 1. The molecule has 5 rings (SSSR count). The molecule has 1 unspecified atom stereocenters. The Kier molecular flexibility index (Phi) is 4.94. The second-order valence-corrected chi connectivity index (χ2v) is 9.13. The summed E-state index contributed by atoms with van der Waals surface area (Å²) in [6.45, 7) is 4.58. The fourth-order valence-electron chi connectivity index (χ4n) is 4.80. The third kappa shape index (κ3) is 3.73. The Hall–Kier alpha value is -2.97. The molecule has 1 aliphatic carbocycles. The van der Waals surface area contributed by atoms with E-state index in [0.29, 0.717) is 25.1 Å². The van der Waals surface area contributed by atoms with E-state index in [9.17, 15) is 13.6 Å². The van der Waals surface area contributed by atoms with Crippen molar-refractivity contribution in [3.63, 3.8) is 0 Å². The van der Waals surface area contributed by atoms with Gasteiger partial charge < -0.3 is 10.1 Å². The van der Waals surface area contributed by atoms with Gasteiger partial charge in [-0.1, -0.05) is 0 Å². The molecule has 32 heavy (non-hydrogen) atoms. The van der Waals surface area contributed by atoms with E-state index >= 15 is 0 Å². The minimum absolute atomic E-state index is 0.0480. The number of alkyl halides is 2. The summed E-state index contributed by atoms with van der Waals surface area (Å²) in [5, 5.41) is 12.8. The second kappa shape index (κ2) is 7.56. The minimum atomic E-state index is -2.62. The van der Waals surface area contributed by atoms with Crippen molar-refractivity contribution in [1.82, 2.24) is 24.9 Å². The van der Waals surface area contributed by atoms with E-state index in [1.807, 2.05) is 43.9 Å². The number of rotatable bonds is 5. The van der Waals surface area contributed by atoms with Crippen molar-refractivity contribution < 1.29 is 18.3 Å². The van der Waals surface area contributed by atoms with Crippen LogP contribution >= 0.6 is 0 Å². The van der Waals surface area contributed by atoms with E-state index in [4.69, 9.17) is 4.74 Å². The number of halogens is 2. The van der Waals surface area contributed by atoms with Crippen LogP contribution in [0.1, 0.15) is 44.3 Å². The average molecular weight is 443 g/mol. The lowest BCUT2D eigenvalue weighted by atomic mass is 10.0. The first-order valence-electron chi connectivity index (χ1n) is 11.0. The van der Waals surface area contributed by atoms with Crippen LogP contribution in [-0.2, 0) is 11.8 Å². The number of nitrogens with one attached hydrogen (secondary N) is 1.